The number of halogens is 1. The highest BCUT2D eigenvalue weighted by Gasteiger charge is 2.29. The SMILES string of the molecule is CC1(CN)CCN(c2cnc(Sc3cccc(NC(=O)c4c(O)nc5[nH]ccn5c4=O)c3Cl)c(N)n2)CC1. The monoisotopic (exact) mass is 555 g/mol. The van der Waals surface area contributed by atoms with Gasteiger partial charge in [0.2, 0.25) is 11.7 Å². The van der Waals surface area contributed by atoms with Crippen LogP contribution in [0, 0.1) is 5.41 Å². The third-order valence-electron chi connectivity index (χ3n) is 6.72. The van der Waals surface area contributed by atoms with E-state index in [2.05, 4.69) is 37.1 Å². The standard InChI is InChI=1S/C24H26ClN9O3S/c1-24(12-26)5-8-33(9-6-24)15-11-29-21(18(27)31-15)38-14-4-2-3-13(17(14)25)30-19(35)16-20(36)32-23-28-7-10-34(23)22(16)37/h2-4,7,10-11,36H,5-6,8-9,12,26H2,1H3,(H2,27,31)(H,28,32)(H,30,35). The first kappa shape index (κ1) is 25.8. The van der Waals surface area contributed by atoms with E-state index < -0.39 is 22.9 Å². The topological polar surface area (TPSA) is 181 Å². The van der Waals surface area contributed by atoms with Crippen LogP contribution < -0.4 is 27.2 Å². The first-order valence-electron chi connectivity index (χ1n) is 11.8. The Hall–Kier alpha value is -3.81. The van der Waals surface area contributed by atoms with Gasteiger partial charge in [0.15, 0.2) is 11.4 Å². The van der Waals surface area contributed by atoms with Crippen molar-refractivity contribution < 1.29 is 9.90 Å². The van der Waals surface area contributed by atoms with E-state index in [0.717, 1.165) is 30.3 Å². The molecule has 0 aliphatic carbocycles. The number of nitrogen functional groups attached to an aromatic ring is 1. The first-order chi connectivity index (χ1) is 18.2. The van der Waals surface area contributed by atoms with Crippen LogP contribution in [0.5, 0.6) is 5.88 Å². The minimum Gasteiger partial charge on any atom is -0.492 e. The van der Waals surface area contributed by atoms with E-state index in [9.17, 15) is 14.7 Å². The van der Waals surface area contributed by atoms with Crippen LogP contribution in [0.3, 0.4) is 0 Å². The van der Waals surface area contributed by atoms with Gasteiger partial charge in [0, 0.05) is 30.4 Å². The van der Waals surface area contributed by atoms with Crippen LogP contribution in [0.2, 0.25) is 5.02 Å². The Morgan fingerprint density at radius 1 is 1.32 bits per heavy atom. The summed E-state index contributed by atoms with van der Waals surface area (Å²) in [7, 11) is 0. The van der Waals surface area contributed by atoms with Crippen molar-refractivity contribution in [2.45, 2.75) is 29.7 Å². The number of aromatic hydroxyl groups is 1. The van der Waals surface area contributed by atoms with Crippen molar-refractivity contribution >= 4 is 52.4 Å². The van der Waals surface area contributed by atoms with E-state index in [0.29, 0.717) is 22.3 Å². The molecular formula is C24H26ClN9O3S. The molecule has 5 rings (SSSR count). The number of benzene rings is 1. The van der Waals surface area contributed by atoms with Gasteiger partial charge in [0.1, 0.15) is 10.8 Å². The number of rotatable bonds is 6. The maximum absolute atomic E-state index is 12.9. The fraction of sp³-hybridized carbons (Fsp3) is 0.292. The highest BCUT2D eigenvalue weighted by Crippen LogP contribution is 2.39. The lowest BCUT2D eigenvalue weighted by Gasteiger charge is -2.39. The number of aromatic amines is 1. The Bertz CT molecular complexity index is 1580. The van der Waals surface area contributed by atoms with Crippen LogP contribution in [-0.4, -0.2) is 55.0 Å². The van der Waals surface area contributed by atoms with Crippen LogP contribution in [0.25, 0.3) is 5.78 Å². The van der Waals surface area contributed by atoms with Crippen LogP contribution >= 0.6 is 23.4 Å². The second-order valence-corrected chi connectivity index (χ2v) is 10.8. The Kier molecular flexibility index (Phi) is 6.90. The number of hydrogen-bond donors (Lipinski definition) is 5. The maximum Gasteiger partial charge on any atom is 0.275 e. The molecule has 198 valence electrons. The molecule has 1 saturated heterocycles. The number of hydrogen-bond acceptors (Lipinski definition) is 10. The Morgan fingerprint density at radius 3 is 2.79 bits per heavy atom. The summed E-state index contributed by atoms with van der Waals surface area (Å²) in [5.41, 5.74) is 11.3. The van der Waals surface area contributed by atoms with Gasteiger partial charge in [-0.25, -0.2) is 9.97 Å². The second kappa shape index (κ2) is 10.2. The lowest BCUT2D eigenvalue weighted by Crippen LogP contribution is -2.42. The summed E-state index contributed by atoms with van der Waals surface area (Å²) >= 11 is 7.78. The number of H-pyrrole nitrogens is 1. The first-order valence-corrected chi connectivity index (χ1v) is 13.0. The molecular weight excluding hydrogens is 530 g/mol. The zero-order chi connectivity index (χ0) is 27.0. The van der Waals surface area contributed by atoms with Gasteiger partial charge in [-0.15, -0.1) is 0 Å². The summed E-state index contributed by atoms with van der Waals surface area (Å²) in [6.45, 7) is 4.51. The molecule has 1 aromatic carbocycles. The number of nitrogens with two attached hydrogens (primary N) is 2. The average molecular weight is 556 g/mol. The lowest BCUT2D eigenvalue weighted by atomic mass is 9.80. The van der Waals surface area contributed by atoms with Crippen LogP contribution in [0.1, 0.15) is 30.1 Å². The van der Waals surface area contributed by atoms with Crippen LogP contribution in [0.4, 0.5) is 17.3 Å². The molecule has 0 radical (unpaired) electrons. The van der Waals surface area contributed by atoms with Crippen molar-refractivity contribution in [1.82, 2.24) is 24.3 Å². The van der Waals surface area contributed by atoms with Crippen LogP contribution in [-0.2, 0) is 0 Å². The predicted molar refractivity (Wildman–Crippen MR) is 146 cm³/mol. The molecule has 0 saturated carbocycles. The van der Waals surface area contributed by atoms with Gasteiger partial charge in [-0.05, 0) is 36.9 Å². The third-order valence-corrected chi connectivity index (χ3v) is 8.30. The molecule has 0 unspecified atom stereocenters. The maximum atomic E-state index is 12.9. The smallest absolute Gasteiger partial charge is 0.275 e. The number of aromatic nitrogens is 5. The number of piperidine rings is 1. The molecule has 7 N–H and O–H groups in total. The molecule has 14 heteroatoms. The van der Waals surface area contributed by atoms with Gasteiger partial charge in [0.25, 0.3) is 11.5 Å². The molecule has 12 nitrogen and oxygen atoms in total. The molecule has 1 aliphatic rings. The molecule has 1 amide bonds. The lowest BCUT2D eigenvalue weighted by molar-refractivity contribution is 0.102. The van der Waals surface area contributed by atoms with Gasteiger partial charge >= 0.3 is 0 Å². The zero-order valence-corrected chi connectivity index (χ0v) is 22.0. The quantitative estimate of drug-likeness (QED) is 0.237. The highest BCUT2D eigenvalue weighted by molar-refractivity contribution is 7.99. The van der Waals surface area contributed by atoms with E-state index in [-0.39, 0.29) is 27.7 Å². The predicted octanol–water partition coefficient (Wildman–Crippen LogP) is 2.72. The van der Waals surface area contributed by atoms with Crippen molar-refractivity contribution in [2.24, 2.45) is 11.1 Å². The number of anilines is 3. The number of nitrogens with one attached hydrogen (secondary N) is 2. The Balaban J connectivity index is 1.33. The normalized spacial score (nSPS) is 15.1. The highest BCUT2D eigenvalue weighted by atomic mass is 35.5. The number of carbonyl (C=O) groups is 1. The Labute approximate surface area is 226 Å². The summed E-state index contributed by atoms with van der Waals surface area (Å²) < 4.78 is 1.12. The number of imidazole rings is 1. The molecule has 1 aliphatic heterocycles. The summed E-state index contributed by atoms with van der Waals surface area (Å²) in [4.78, 5) is 43.9. The minimum absolute atomic E-state index is 0.111. The van der Waals surface area contributed by atoms with Crippen LogP contribution in [0.15, 0.2) is 51.5 Å². The Morgan fingerprint density at radius 2 is 2.08 bits per heavy atom. The van der Waals surface area contributed by atoms with Crippen molar-refractivity contribution in [1.29, 1.82) is 0 Å². The fourth-order valence-corrected chi connectivity index (χ4v) is 5.32. The van der Waals surface area contributed by atoms with Gasteiger partial charge < -0.3 is 31.8 Å². The van der Waals surface area contributed by atoms with E-state index in [1.54, 1.807) is 24.4 Å². The van der Waals surface area contributed by atoms with Crippen molar-refractivity contribution in [3.05, 3.63) is 57.7 Å². The fourth-order valence-electron chi connectivity index (χ4n) is 4.22. The molecule has 0 atom stereocenters. The zero-order valence-electron chi connectivity index (χ0n) is 20.4. The molecule has 4 heterocycles. The molecule has 0 spiro atoms. The largest absolute Gasteiger partial charge is 0.492 e. The minimum atomic E-state index is -0.851. The van der Waals surface area contributed by atoms with Crippen molar-refractivity contribution in [3.8, 4) is 5.88 Å². The van der Waals surface area contributed by atoms with Gasteiger partial charge in [0.05, 0.1) is 16.9 Å². The summed E-state index contributed by atoms with van der Waals surface area (Å²) in [6.07, 6.45) is 6.49. The third kappa shape index (κ3) is 4.87. The molecule has 1 fully saturated rings. The average Bonchev–Trinajstić information content (AvgIpc) is 3.37. The summed E-state index contributed by atoms with van der Waals surface area (Å²) in [5, 5.41) is 13.4. The van der Waals surface area contributed by atoms with Crippen molar-refractivity contribution in [2.75, 3.05) is 35.6 Å². The van der Waals surface area contributed by atoms with Gasteiger partial charge in [-0.2, -0.15) is 4.98 Å². The van der Waals surface area contributed by atoms with Crippen molar-refractivity contribution in [3.63, 3.8) is 0 Å². The molecule has 0 bridgehead atoms. The van der Waals surface area contributed by atoms with E-state index in [1.807, 2.05) is 0 Å². The molecule has 4 aromatic rings. The number of nitrogens with zero attached hydrogens (tertiary/aromatic N) is 5. The molecule has 3 aromatic heterocycles. The molecule has 38 heavy (non-hydrogen) atoms. The summed E-state index contributed by atoms with van der Waals surface area (Å²) in [5.74, 6) is -0.470. The second-order valence-electron chi connectivity index (χ2n) is 9.36. The number of carbonyl (C=O) groups excluding carboxylic acids is 1. The number of amides is 1. The van der Waals surface area contributed by atoms with E-state index >= 15 is 0 Å². The van der Waals surface area contributed by atoms with E-state index in [4.69, 9.17) is 23.1 Å². The number of fused-ring (bicyclic) bond motifs is 1. The van der Waals surface area contributed by atoms with E-state index in [1.165, 1.54) is 24.2 Å². The van der Waals surface area contributed by atoms with Gasteiger partial charge in [-0.1, -0.05) is 36.4 Å². The van der Waals surface area contributed by atoms with Gasteiger partial charge in [-0.3, -0.25) is 14.0 Å². The summed E-state index contributed by atoms with van der Waals surface area (Å²) in [6, 6.07) is 5.00.